The summed E-state index contributed by atoms with van der Waals surface area (Å²) < 4.78 is 0. The zero-order chi connectivity index (χ0) is 12.9. The molecule has 1 atom stereocenters. The van der Waals surface area contributed by atoms with Gasteiger partial charge in [-0.25, -0.2) is 0 Å². The van der Waals surface area contributed by atoms with Gasteiger partial charge < -0.3 is 15.5 Å². The van der Waals surface area contributed by atoms with Crippen LogP contribution in [-0.2, 0) is 5.41 Å². The van der Waals surface area contributed by atoms with Gasteiger partial charge in [-0.05, 0) is 23.5 Å². The van der Waals surface area contributed by atoms with Crippen molar-refractivity contribution in [3.8, 4) is 0 Å². The lowest BCUT2D eigenvalue weighted by atomic mass is 9.85. The van der Waals surface area contributed by atoms with Gasteiger partial charge in [0.15, 0.2) is 0 Å². The van der Waals surface area contributed by atoms with E-state index in [9.17, 15) is 5.11 Å². The maximum Gasteiger partial charge on any atom is 0.0633 e. The van der Waals surface area contributed by atoms with Gasteiger partial charge in [-0.2, -0.15) is 0 Å². The summed E-state index contributed by atoms with van der Waals surface area (Å²) in [6.45, 7) is 6.59. The Bertz CT molecular complexity index is 344. The van der Waals surface area contributed by atoms with Crippen LogP contribution in [0.15, 0.2) is 24.3 Å². The molecule has 3 heteroatoms. The fourth-order valence-electron chi connectivity index (χ4n) is 1.85. The maximum absolute atomic E-state index is 9.24. The molecule has 1 aromatic rings. The summed E-state index contributed by atoms with van der Waals surface area (Å²) in [6.07, 6.45) is 0.551. The molecular weight excluding hydrogens is 214 g/mol. The molecule has 0 aliphatic rings. The number of para-hydroxylation sites is 1. The molecule has 0 bridgehead atoms. The smallest absolute Gasteiger partial charge is 0.0633 e. The number of aliphatic hydroxyl groups is 2. The van der Waals surface area contributed by atoms with Gasteiger partial charge in [-0.15, -0.1) is 0 Å². The van der Waals surface area contributed by atoms with Crippen molar-refractivity contribution >= 4 is 5.69 Å². The number of anilines is 1. The van der Waals surface area contributed by atoms with Gasteiger partial charge in [0.1, 0.15) is 0 Å². The van der Waals surface area contributed by atoms with Crippen molar-refractivity contribution in [3.63, 3.8) is 0 Å². The van der Waals surface area contributed by atoms with Crippen LogP contribution in [0.25, 0.3) is 0 Å². The molecular formula is C14H23NO2. The van der Waals surface area contributed by atoms with Gasteiger partial charge in [0.2, 0.25) is 0 Å². The Labute approximate surface area is 103 Å². The second kappa shape index (κ2) is 6.03. The maximum atomic E-state index is 9.24. The highest BCUT2D eigenvalue weighted by Gasteiger charge is 2.18. The van der Waals surface area contributed by atoms with Crippen molar-refractivity contribution < 1.29 is 10.2 Å². The Balaban J connectivity index is 2.90. The first-order valence-corrected chi connectivity index (χ1v) is 6.06. The second-order valence-electron chi connectivity index (χ2n) is 5.33. The average molecular weight is 237 g/mol. The van der Waals surface area contributed by atoms with E-state index in [2.05, 4.69) is 32.2 Å². The van der Waals surface area contributed by atoms with Gasteiger partial charge in [-0.1, -0.05) is 39.0 Å². The predicted octanol–water partition coefficient (Wildman–Crippen LogP) is 2.14. The lowest BCUT2D eigenvalue weighted by Gasteiger charge is -2.26. The summed E-state index contributed by atoms with van der Waals surface area (Å²) in [5.74, 6) is 0. The quantitative estimate of drug-likeness (QED) is 0.735. The molecule has 17 heavy (non-hydrogen) atoms. The molecule has 0 heterocycles. The number of hydrogen-bond donors (Lipinski definition) is 3. The molecule has 0 amide bonds. The Hall–Kier alpha value is -1.06. The normalized spacial score (nSPS) is 13.5. The molecule has 1 aromatic carbocycles. The lowest BCUT2D eigenvalue weighted by molar-refractivity contribution is 0.229. The third-order valence-electron chi connectivity index (χ3n) is 2.79. The minimum absolute atomic E-state index is 0.0268. The molecule has 3 N–H and O–H groups in total. The summed E-state index contributed by atoms with van der Waals surface area (Å²) in [6, 6.07) is 8.01. The summed E-state index contributed by atoms with van der Waals surface area (Å²) in [7, 11) is 0. The fourth-order valence-corrected chi connectivity index (χ4v) is 1.85. The Morgan fingerprint density at radius 2 is 1.82 bits per heavy atom. The van der Waals surface area contributed by atoms with E-state index in [0.717, 1.165) is 5.69 Å². The van der Waals surface area contributed by atoms with E-state index < -0.39 is 0 Å². The van der Waals surface area contributed by atoms with Crippen LogP contribution in [0.4, 0.5) is 5.69 Å². The second-order valence-corrected chi connectivity index (χ2v) is 5.33. The molecule has 1 rings (SSSR count). The first-order chi connectivity index (χ1) is 7.99. The zero-order valence-corrected chi connectivity index (χ0v) is 10.9. The predicted molar refractivity (Wildman–Crippen MR) is 71.3 cm³/mol. The molecule has 0 radical (unpaired) electrons. The van der Waals surface area contributed by atoms with E-state index in [1.807, 2.05) is 18.2 Å². The van der Waals surface area contributed by atoms with Crippen LogP contribution >= 0.6 is 0 Å². The first-order valence-electron chi connectivity index (χ1n) is 6.06. The summed E-state index contributed by atoms with van der Waals surface area (Å²) in [4.78, 5) is 0. The fraction of sp³-hybridized carbons (Fsp3) is 0.571. The van der Waals surface area contributed by atoms with Crippen LogP contribution in [0.3, 0.4) is 0 Å². The van der Waals surface area contributed by atoms with E-state index in [1.54, 1.807) is 0 Å². The number of nitrogens with one attached hydrogen (secondary N) is 1. The van der Waals surface area contributed by atoms with Crippen LogP contribution in [0.2, 0.25) is 0 Å². The highest BCUT2D eigenvalue weighted by atomic mass is 16.3. The average Bonchev–Trinajstić information content (AvgIpc) is 2.27. The van der Waals surface area contributed by atoms with Crippen molar-refractivity contribution in [2.45, 2.75) is 38.6 Å². The zero-order valence-electron chi connectivity index (χ0n) is 10.9. The molecule has 0 fully saturated rings. The van der Waals surface area contributed by atoms with Crippen LogP contribution in [0.1, 0.15) is 32.8 Å². The molecule has 1 unspecified atom stereocenters. The van der Waals surface area contributed by atoms with E-state index in [0.29, 0.717) is 6.42 Å². The van der Waals surface area contributed by atoms with Crippen LogP contribution in [0.5, 0.6) is 0 Å². The van der Waals surface area contributed by atoms with Crippen molar-refractivity contribution in [3.05, 3.63) is 29.8 Å². The van der Waals surface area contributed by atoms with Gasteiger partial charge in [0, 0.05) is 12.3 Å². The molecule has 0 aromatic heterocycles. The first kappa shape index (κ1) is 14.0. The molecule has 0 aliphatic heterocycles. The topological polar surface area (TPSA) is 52.5 Å². The van der Waals surface area contributed by atoms with Gasteiger partial charge in [0.05, 0.1) is 12.6 Å². The number of hydrogen-bond acceptors (Lipinski definition) is 3. The van der Waals surface area contributed by atoms with Crippen LogP contribution < -0.4 is 5.32 Å². The van der Waals surface area contributed by atoms with Crippen molar-refractivity contribution in [2.24, 2.45) is 0 Å². The Morgan fingerprint density at radius 3 is 2.35 bits per heavy atom. The molecule has 0 spiro atoms. The molecule has 3 nitrogen and oxygen atoms in total. The Morgan fingerprint density at radius 1 is 1.18 bits per heavy atom. The van der Waals surface area contributed by atoms with E-state index in [4.69, 9.17) is 5.11 Å². The van der Waals surface area contributed by atoms with Crippen molar-refractivity contribution in [1.82, 2.24) is 0 Å². The number of aliphatic hydroxyl groups excluding tert-OH is 2. The number of benzene rings is 1. The SMILES string of the molecule is CC(C)(C)c1ccccc1NC(CO)CCO. The van der Waals surface area contributed by atoms with Gasteiger partial charge in [0.25, 0.3) is 0 Å². The van der Waals surface area contributed by atoms with Gasteiger partial charge >= 0.3 is 0 Å². The standard InChI is InChI=1S/C14H23NO2/c1-14(2,3)12-6-4-5-7-13(12)15-11(10-17)8-9-16/h4-7,11,15-17H,8-10H2,1-3H3. The van der Waals surface area contributed by atoms with Crippen molar-refractivity contribution in [2.75, 3.05) is 18.5 Å². The van der Waals surface area contributed by atoms with Gasteiger partial charge in [-0.3, -0.25) is 0 Å². The summed E-state index contributed by atoms with van der Waals surface area (Å²) in [5, 5.41) is 21.5. The Kier molecular flexibility index (Phi) is 4.97. The number of rotatable bonds is 5. The van der Waals surface area contributed by atoms with Crippen molar-refractivity contribution in [1.29, 1.82) is 0 Å². The molecule has 96 valence electrons. The minimum atomic E-state index is -0.0940. The molecule has 0 saturated carbocycles. The molecule has 0 saturated heterocycles. The monoisotopic (exact) mass is 237 g/mol. The molecule has 0 aliphatic carbocycles. The summed E-state index contributed by atoms with van der Waals surface area (Å²) in [5.41, 5.74) is 2.31. The van der Waals surface area contributed by atoms with Crippen LogP contribution in [0, 0.1) is 0 Å². The third-order valence-corrected chi connectivity index (χ3v) is 2.79. The highest BCUT2D eigenvalue weighted by Crippen LogP contribution is 2.29. The highest BCUT2D eigenvalue weighted by molar-refractivity contribution is 5.54. The summed E-state index contributed by atoms with van der Waals surface area (Å²) >= 11 is 0. The largest absolute Gasteiger partial charge is 0.396 e. The van der Waals surface area contributed by atoms with Crippen LogP contribution in [-0.4, -0.2) is 29.5 Å². The van der Waals surface area contributed by atoms with E-state index in [1.165, 1.54) is 5.56 Å². The van der Waals surface area contributed by atoms with E-state index >= 15 is 0 Å². The van der Waals surface area contributed by atoms with E-state index in [-0.39, 0.29) is 24.7 Å². The lowest BCUT2D eigenvalue weighted by Crippen LogP contribution is -2.27. The third kappa shape index (κ3) is 4.02. The minimum Gasteiger partial charge on any atom is -0.396 e.